The van der Waals surface area contributed by atoms with Crippen LogP contribution in [-0.4, -0.2) is 24.4 Å². The molecule has 4 nitrogen and oxygen atoms in total. The number of fused-ring (bicyclic) bond motifs is 1. The molecule has 1 atom stereocenters. The number of amidine groups is 1. The van der Waals surface area contributed by atoms with Crippen LogP contribution in [0.2, 0.25) is 0 Å². The second kappa shape index (κ2) is 7.48. The van der Waals surface area contributed by atoms with E-state index in [4.69, 9.17) is 5.73 Å². The molecule has 1 aliphatic carbocycles. The Bertz CT molecular complexity index is 950. The Morgan fingerprint density at radius 3 is 3.04 bits per heavy atom. The van der Waals surface area contributed by atoms with Crippen LogP contribution in [0.1, 0.15) is 29.7 Å². The number of thiophene rings is 1. The molecule has 1 aliphatic rings. The molecule has 26 heavy (non-hydrogen) atoms. The van der Waals surface area contributed by atoms with Gasteiger partial charge in [-0.1, -0.05) is 18.2 Å². The highest BCUT2D eigenvalue weighted by Crippen LogP contribution is 2.35. The Morgan fingerprint density at radius 1 is 1.38 bits per heavy atom. The molecule has 134 valence electrons. The topological polar surface area (TPSA) is 66.2 Å². The minimum absolute atomic E-state index is 0.566. The number of aliphatic imine (C=N–C) groups is 1. The van der Waals surface area contributed by atoms with E-state index >= 15 is 0 Å². The summed E-state index contributed by atoms with van der Waals surface area (Å²) in [7, 11) is 2.03. The number of H-pyrrole nitrogens is 1. The Balaban J connectivity index is 1.59. The van der Waals surface area contributed by atoms with Gasteiger partial charge in [0.1, 0.15) is 5.84 Å². The number of hydrogen-bond acceptors (Lipinski definition) is 3. The molecule has 1 aromatic carbocycles. The second-order valence-corrected chi connectivity index (χ2v) is 7.78. The third-order valence-electron chi connectivity index (χ3n) is 5.05. The zero-order chi connectivity index (χ0) is 17.9. The van der Waals surface area contributed by atoms with Gasteiger partial charge >= 0.3 is 0 Å². The molecule has 0 saturated heterocycles. The Hall–Kier alpha value is -2.37. The third-order valence-corrected chi connectivity index (χ3v) is 5.94. The predicted octanol–water partition coefficient (Wildman–Crippen LogP) is 4.67. The van der Waals surface area contributed by atoms with Crippen molar-refractivity contribution in [1.29, 1.82) is 0 Å². The van der Waals surface area contributed by atoms with Crippen molar-refractivity contribution >= 4 is 39.3 Å². The molecule has 4 rings (SSSR count). The zero-order valence-corrected chi connectivity index (χ0v) is 15.8. The molecule has 0 bridgehead atoms. The summed E-state index contributed by atoms with van der Waals surface area (Å²) in [4.78, 5) is 8.98. The van der Waals surface area contributed by atoms with Crippen LogP contribution in [0.4, 0.5) is 5.69 Å². The van der Waals surface area contributed by atoms with E-state index in [9.17, 15) is 0 Å². The van der Waals surface area contributed by atoms with Gasteiger partial charge in [-0.15, -0.1) is 11.3 Å². The smallest absolute Gasteiger partial charge is 0.141 e. The van der Waals surface area contributed by atoms with Gasteiger partial charge < -0.3 is 16.0 Å². The minimum Gasteiger partial charge on any atom is -0.383 e. The second-order valence-electron chi connectivity index (χ2n) is 6.83. The van der Waals surface area contributed by atoms with Crippen molar-refractivity contribution < 1.29 is 0 Å². The number of allylic oxidation sites excluding steroid dienone is 2. The summed E-state index contributed by atoms with van der Waals surface area (Å²) in [5.74, 6) is 1.33. The lowest BCUT2D eigenvalue weighted by Crippen LogP contribution is -2.20. The van der Waals surface area contributed by atoms with E-state index in [-0.39, 0.29) is 0 Å². The van der Waals surface area contributed by atoms with Crippen molar-refractivity contribution in [3.05, 3.63) is 58.4 Å². The number of rotatable bonds is 5. The first kappa shape index (κ1) is 17.1. The number of nitrogens with zero attached hydrogens (tertiary/aromatic N) is 1. The van der Waals surface area contributed by atoms with E-state index in [1.807, 2.05) is 30.6 Å². The minimum atomic E-state index is 0.566. The van der Waals surface area contributed by atoms with Crippen LogP contribution >= 0.6 is 11.3 Å². The molecule has 2 aromatic heterocycles. The molecule has 4 N–H and O–H groups in total. The van der Waals surface area contributed by atoms with Crippen LogP contribution in [0.5, 0.6) is 0 Å². The van der Waals surface area contributed by atoms with Crippen LogP contribution in [-0.2, 0) is 0 Å². The van der Waals surface area contributed by atoms with Gasteiger partial charge in [0.05, 0.1) is 10.6 Å². The van der Waals surface area contributed by atoms with Gasteiger partial charge in [-0.2, -0.15) is 0 Å². The van der Waals surface area contributed by atoms with Crippen molar-refractivity contribution in [2.75, 3.05) is 13.6 Å². The number of aromatic nitrogens is 1. The first-order valence-corrected chi connectivity index (χ1v) is 9.95. The molecule has 0 spiro atoms. The molecule has 1 unspecified atom stereocenters. The van der Waals surface area contributed by atoms with Crippen LogP contribution in [0.3, 0.4) is 0 Å². The Labute approximate surface area is 157 Å². The Kier molecular flexibility index (Phi) is 4.91. The van der Waals surface area contributed by atoms with Crippen LogP contribution in [0.15, 0.2) is 53.0 Å². The molecule has 5 heteroatoms. The normalized spacial score (nSPS) is 18.3. The highest BCUT2D eigenvalue weighted by Gasteiger charge is 2.17. The van der Waals surface area contributed by atoms with Crippen molar-refractivity contribution in [2.24, 2.45) is 16.6 Å². The fourth-order valence-corrected chi connectivity index (χ4v) is 4.30. The summed E-state index contributed by atoms with van der Waals surface area (Å²) in [5.41, 5.74) is 10.9. The summed E-state index contributed by atoms with van der Waals surface area (Å²) in [6, 6.07) is 10.3. The van der Waals surface area contributed by atoms with Gasteiger partial charge in [-0.3, -0.25) is 0 Å². The van der Waals surface area contributed by atoms with Gasteiger partial charge in [0.2, 0.25) is 0 Å². The first-order chi connectivity index (χ1) is 12.7. The highest BCUT2D eigenvalue weighted by atomic mass is 32.1. The predicted molar refractivity (Wildman–Crippen MR) is 112 cm³/mol. The SMILES string of the molecule is CNCC1CC=C(c2c[nH]c3cc(N=C(N)c4cccs4)ccc23)CC1. The summed E-state index contributed by atoms with van der Waals surface area (Å²) >= 11 is 1.60. The van der Waals surface area contributed by atoms with E-state index < -0.39 is 0 Å². The zero-order valence-electron chi connectivity index (χ0n) is 15.0. The summed E-state index contributed by atoms with van der Waals surface area (Å²) in [6.45, 7) is 1.10. The molecule has 0 fully saturated rings. The van der Waals surface area contributed by atoms with Crippen molar-refractivity contribution in [3.8, 4) is 0 Å². The molecule has 3 aromatic rings. The number of aromatic amines is 1. The lowest BCUT2D eigenvalue weighted by molar-refractivity contribution is 0.463. The van der Waals surface area contributed by atoms with Gasteiger partial charge in [-0.05, 0) is 67.9 Å². The average molecular weight is 365 g/mol. The standard InChI is InChI=1S/C21H24N4S/c1-23-12-14-4-6-15(7-5-14)18-13-24-19-11-16(8-9-17(18)19)25-21(22)20-3-2-10-26-20/h2-3,6,8-11,13-14,23-24H,4-5,7,12H2,1H3,(H2,22,25). The lowest BCUT2D eigenvalue weighted by Gasteiger charge is -2.21. The van der Waals surface area contributed by atoms with Gasteiger partial charge in [0.15, 0.2) is 0 Å². The molecule has 0 saturated carbocycles. The molecule has 0 aliphatic heterocycles. The maximum Gasteiger partial charge on any atom is 0.141 e. The first-order valence-electron chi connectivity index (χ1n) is 9.08. The van der Waals surface area contributed by atoms with Crippen LogP contribution in [0, 0.1) is 5.92 Å². The highest BCUT2D eigenvalue weighted by molar-refractivity contribution is 7.12. The van der Waals surface area contributed by atoms with Gasteiger partial charge in [-0.25, -0.2) is 4.99 Å². The maximum absolute atomic E-state index is 6.11. The van der Waals surface area contributed by atoms with Crippen LogP contribution in [0.25, 0.3) is 16.5 Å². The van der Waals surface area contributed by atoms with Crippen molar-refractivity contribution in [2.45, 2.75) is 19.3 Å². The molecule has 0 radical (unpaired) electrons. The van der Waals surface area contributed by atoms with E-state index in [1.165, 1.54) is 22.9 Å². The van der Waals surface area contributed by atoms with Crippen molar-refractivity contribution in [1.82, 2.24) is 10.3 Å². The number of nitrogens with one attached hydrogen (secondary N) is 2. The fraction of sp³-hybridized carbons (Fsp3) is 0.286. The quantitative estimate of drug-likeness (QED) is 0.455. The van der Waals surface area contributed by atoms with E-state index in [0.717, 1.165) is 41.4 Å². The number of nitrogens with two attached hydrogens (primary N) is 1. The van der Waals surface area contributed by atoms with E-state index in [0.29, 0.717) is 5.84 Å². The molecule has 2 heterocycles. The largest absolute Gasteiger partial charge is 0.383 e. The summed E-state index contributed by atoms with van der Waals surface area (Å²) in [5, 5.41) is 6.56. The van der Waals surface area contributed by atoms with Crippen molar-refractivity contribution in [3.63, 3.8) is 0 Å². The van der Waals surface area contributed by atoms with E-state index in [1.54, 1.807) is 11.3 Å². The van der Waals surface area contributed by atoms with Gasteiger partial charge in [0, 0.05) is 22.7 Å². The maximum atomic E-state index is 6.11. The van der Waals surface area contributed by atoms with Gasteiger partial charge in [0.25, 0.3) is 0 Å². The summed E-state index contributed by atoms with van der Waals surface area (Å²) < 4.78 is 0. The average Bonchev–Trinajstić information content (AvgIpc) is 3.32. The fourth-order valence-electron chi connectivity index (χ4n) is 3.68. The number of hydrogen-bond donors (Lipinski definition) is 3. The Morgan fingerprint density at radius 2 is 2.31 bits per heavy atom. The molecular weight excluding hydrogens is 340 g/mol. The molecular formula is C21H24N4S. The summed E-state index contributed by atoms with van der Waals surface area (Å²) in [6.07, 6.45) is 8.09. The third kappa shape index (κ3) is 3.45. The van der Waals surface area contributed by atoms with E-state index in [2.05, 4.69) is 39.7 Å². The lowest BCUT2D eigenvalue weighted by atomic mass is 9.86. The molecule has 0 amide bonds. The number of benzene rings is 1. The van der Waals surface area contributed by atoms with Crippen LogP contribution < -0.4 is 11.1 Å². The monoisotopic (exact) mass is 364 g/mol.